The van der Waals surface area contributed by atoms with Crippen molar-refractivity contribution in [3.63, 3.8) is 0 Å². The van der Waals surface area contributed by atoms with Crippen LogP contribution in [-0.4, -0.2) is 27.1 Å². The van der Waals surface area contributed by atoms with Gasteiger partial charge in [0.25, 0.3) is 0 Å². The van der Waals surface area contributed by atoms with E-state index in [0.717, 1.165) is 30.4 Å². The summed E-state index contributed by atoms with van der Waals surface area (Å²) < 4.78 is 7.93. The maximum atomic E-state index is 11.8. The van der Waals surface area contributed by atoms with Crippen molar-refractivity contribution in [3.8, 4) is 0 Å². The highest BCUT2D eigenvalue weighted by molar-refractivity contribution is 6.99. The third-order valence-electron chi connectivity index (χ3n) is 2.70. The molecule has 0 aliphatic carbocycles. The number of ketones is 1. The number of nitrogens with zero attached hydrogens (tertiary/aromatic N) is 2. The van der Waals surface area contributed by atoms with Gasteiger partial charge >= 0.3 is 0 Å². The van der Waals surface area contributed by atoms with Gasteiger partial charge < -0.3 is 5.32 Å². The molecule has 2 atom stereocenters. The maximum absolute atomic E-state index is 11.8. The third-order valence-corrected chi connectivity index (χ3v) is 3.22. The van der Waals surface area contributed by atoms with Gasteiger partial charge in [-0.3, -0.25) is 4.79 Å². The van der Waals surface area contributed by atoms with Crippen LogP contribution in [0.15, 0.2) is 6.20 Å². The van der Waals surface area contributed by atoms with Gasteiger partial charge in [-0.05, 0) is 19.9 Å². The summed E-state index contributed by atoms with van der Waals surface area (Å²) in [6, 6.07) is 0.314. The normalized spacial score (nSPS) is 26.6. The minimum Gasteiger partial charge on any atom is -0.314 e. The van der Waals surface area contributed by atoms with Crippen LogP contribution in [0.25, 0.3) is 0 Å². The molecule has 1 fully saturated rings. The van der Waals surface area contributed by atoms with Gasteiger partial charge in [-0.15, -0.1) is 0 Å². The predicted octanol–water partition coefficient (Wildman–Crippen LogP) is 0.648. The molecule has 1 N–H and O–H groups in total. The number of Topliss-reactive ketones (excluding diaryl/α,β-unsaturated/α-hetero) is 1. The maximum Gasteiger partial charge on any atom is 0.143 e. The summed E-state index contributed by atoms with van der Waals surface area (Å²) in [6.45, 7) is 3.02. The van der Waals surface area contributed by atoms with Crippen molar-refractivity contribution in [2.24, 2.45) is 5.92 Å². The van der Waals surface area contributed by atoms with Crippen molar-refractivity contribution in [1.82, 2.24) is 14.1 Å². The molecule has 1 aliphatic rings. The quantitative estimate of drug-likeness (QED) is 0.797. The van der Waals surface area contributed by atoms with Crippen LogP contribution in [0.3, 0.4) is 0 Å². The highest BCUT2D eigenvalue weighted by Gasteiger charge is 2.29. The Bertz CT molecular complexity index is 312. The minimum atomic E-state index is 0.164. The van der Waals surface area contributed by atoms with E-state index < -0.39 is 0 Å². The summed E-state index contributed by atoms with van der Waals surface area (Å²) in [5, 5.41) is 3.28. The molecule has 4 nitrogen and oxygen atoms in total. The SMILES string of the molecule is CC1NCCC1C(=O)Cc1cnsn1. The monoisotopic (exact) mass is 211 g/mol. The minimum absolute atomic E-state index is 0.164. The molecule has 0 amide bonds. The lowest BCUT2D eigenvalue weighted by Gasteiger charge is -2.12. The van der Waals surface area contributed by atoms with E-state index in [9.17, 15) is 4.79 Å². The Hall–Kier alpha value is -0.810. The van der Waals surface area contributed by atoms with E-state index in [1.165, 1.54) is 0 Å². The predicted molar refractivity (Wildman–Crippen MR) is 54.2 cm³/mol. The second-order valence-electron chi connectivity index (χ2n) is 3.68. The van der Waals surface area contributed by atoms with Gasteiger partial charge in [-0.1, -0.05) is 0 Å². The molecule has 5 heteroatoms. The zero-order valence-electron chi connectivity index (χ0n) is 8.06. The van der Waals surface area contributed by atoms with Crippen LogP contribution in [0, 0.1) is 5.92 Å². The molecule has 76 valence electrons. The second-order valence-corrected chi connectivity index (χ2v) is 4.24. The molecule has 2 rings (SSSR count). The lowest BCUT2D eigenvalue weighted by atomic mass is 9.94. The number of carbonyl (C=O) groups is 1. The molecule has 0 saturated carbocycles. The first-order valence-electron chi connectivity index (χ1n) is 4.80. The Kier molecular flexibility index (Phi) is 2.88. The fourth-order valence-electron chi connectivity index (χ4n) is 1.87. The second kappa shape index (κ2) is 4.14. The summed E-state index contributed by atoms with van der Waals surface area (Å²) in [4.78, 5) is 11.8. The highest BCUT2D eigenvalue weighted by Crippen LogP contribution is 2.17. The summed E-state index contributed by atoms with van der Waals surface area (Å²) in [7, 11) is 0. The molecule has 1 aliphatic heterocycles. The molecular formula is C9H13N3OS. The summed E-state index contributed by atoms with van der Waals surface area (Å²) >= 11 is 1.16. The molecule has 0 bridgehead atoms. The largest absolute Gasteiger partial charge is 0.314 e. The van der Waals surface area contributed by atoms with Gasteiger partial charge in [0, 0.05) is 12.0 Å². The van der Waals surface area contributed by atoms with Crippen molar-refractivity contribution in [2.75, 3.05) is 6.54 Å². The summed E-state index contributed by atoms with van der Waals surface area (Å²) in [6.07, 6.45) is 3.07. The van der Waals surface area contributed by atoms with Gasteiger partial charge in [0.05, 0.1) is 30.0 Å². The van der Waals surface area contributed by atoms with Crippen LogP contribution in [0.5, 0.6) is 0 Å². The number of hydrogen-bond acceptors (Lipinski definition) is 5. The van der Waals surface area contributed by atoms with Crippen molar-refractivity contribution in [1.29, 1.82) is 0 Å². The Balaban J connectivity index is 1.95. The molecule has 14 heavy (non-hydrogen) atoms. The zero-order chi connectivity index (χ0) is 9.97. The van der Waals surface area contributed by atoms with Crippen molar-refractivity contribution < 1.29 is 4.79 Å². The smallest absolute Gasteiger partial charge is 0.143 e. The Labute approximate surface area is 87.1 Å². The number of nitrogens with one attached hydrogen (secondary N) is 1. The Morgan fingerprint density at radius 1 is 1.79 bits per heavy atom. The third kappa shape index (κ3) is 1.99. The lowest BCUT2D eigenvalue weighted by molar-refractivity contribution is -0.122. The molecule has 0 spiro atoms. The van der Waals surface area contributed by atoms with Crippen LogP contribution >= 0.6 is 11.7 Å². The Morgan fingerprint density at radius 2 is 2.64 bits per heavy atom. The van der Waals surface area contributed by atoms with Crippen molar-refractivity contribution >= 4 is 17.5 Å². The molecule has 2 heterocycles. The van der Waals surface area contributed by atoms with Crippen molar-refractivity contribution in [3.05, 3.63) is 11.9 Å². The van der Waals surface area contributed by atoms with Crippen LogP contribution in [-0.2, 0) is 11.2 Å². The molecule has 0 radical (unpaired) electrons. The standard InChI is InChI=1S/C9H13N3OS/c1-6-8(2-3-10-6)9(13)4-7-5-11-14-12-7/h5-6,8,10H,2-4H2,1H3. The molecule has 2 unspecified atom stereocenters. The van der Waals surface area contributed by atoms with Gasteiger partial charge in [-0.25, -0.2) is 0 Å². The first-order chi connectivity index (χ1) is 6.77. The van der Waals surface area contributed by atoms with Crippen LogP contribution in [0.2, 0.25) is 0 Å². The van der Waals surface area contributed by atoms with Crippen LogP contribution in [0.1, 0.15) is 19.0 Å². The van der Waals surface area contributed by atoms with Crippen molar-refractivity contribution in [2.45, 2.75) is 25.8 Å². The summed E-state index contributed by atoms with van der Waals surface area (Å²) in [5.41, 5.74) is 0.805. The topological polar surface area (TPSA) is 54.9 Å². The Morgan fingerprint density at radius 3 is 3.21 bits per heavy atom. The fraction of sp³-hybridized carbons (Fsp3) is 0.667. The molecule has 1 aromatic rings. The summed E-state index contributed by atoms with van der Waals surface area (Å²) in [5.74, 6) is 0.451. The van der Waals surface area contributed by atoms with Crippen LogP contribution in [0.4, 0.5) is 0 Å². The van der Waals surface area contributed by atoms with Gasteiger partial charge in [0.1, 0.15) is 5.78 Å². The number of aromatic nitrogens is 2. The average Bonchev–Trinajstić information content (AvgIpc) is 2.75. The van der Waals surface area contributed by atoms with Gasteiger partial charge in [-0.2, -0.15) is 8.75 Å². The zero-order valence-corrected chi connectivity index (χ0v) is 8.88. The molecule has 0 aromatic carbocycles. The highest BCUT2D eigenvalue weighted by atomic mass is 32.1. The van der Waals surface area contributed by atoms with E-state index in [4.69, 9.17) is 0 Å². The van der Waals surface area contributed by atoms with E-state index in [1.807, 2.05) is 0 Å². The van der Waals surface area contributed by atoms with E-state index in [2.05, 4.69) is 21.0 Å². The van der Waals surface area contributed by atoms with E-state index in [1.54, 1.807) is 6.20 Å². The molecular weight excluding hydrogens is 198 g/mol. The number of rotatable bonds is 3. The van der Waals surface area contributed by atoms with E-state index >= 15 is 0 Å². The average molecular weight is 211 g/mol. The number of carbonyl (C=O) groups excluding carboxylic acids is 1. The lowest BCUT2D eigenvalue weighted by Crippen LogP contribution is -2.29. The first-order valence-corrected chi connectivity index (χ1v) is 5.53. The van der Waals surface area contributed by atoms with Crippen LogP contribution < -0.4 is 5.32 Å². The first kappa shape index (κ1) is 9.73. The van der Waals surface area contributed by atoms with E-state index in [0.29, 0.717) is 12.5 Å². The molecule has 1 aromatic heterocycles. The van der Waals surface area contributed by atoms with Gasteiger partial charge in [0.2, 0.25) is 0 Å². The fourth-order valence-corrected chi connectivity index (χ4v) is 2.30. The molecule has 1 saturated heterocycles. The number of hydrogen-bond donors (Lipinski definition) is 1. The van der Waals surface area contributed by atoms with Gasteiger partial charge in [0.15, 0.2) is 0 Å². The van der Waals surface area contributed by atoms with E-state index in [-0.39, 0.29) is 11.7 Å².